The van der Waals surface area contributed by atoms with E-state index >= 15 is 0 Å². The van der Waals surface area contributed by atoms with Gasteiger partial charge in [-0.15, -0.1) is 0 Å². The lowest BCUT2D eigenvalue weighted by Crippen LogP contribution is -2.59. The van der Waals surface area contributed by atoms with Gasteiger partial charge in [-0.2, -0.15) is 0 Å². The fourth-order valence-electron chi connectivity index (χ4n) is 2.20. The summed E-state index contributed by atoms with van der Waals surface area (Å²) < 4.78 is 0. The van der Waals surface area contributed by atoms with Gasteiger partial charge in [-0.05, 0) is 19.8 Å². The first-order valence-electron chi connectivity index (χ1n) is 7.27. The van der Waals surface area contributed by atoms with Gasteiger partial charge in [0.05, 0.1) is 17.1 Å². The van der Waals surface area contributed by atoms with E-state index in [1.807, 2.05) is 0 Å². The van der Waals surface area contributed by atoms with Crippen LogP contribution in [-0.2, 0) is 4.79 Å². The van der Waals surface area contributed by atoms with Crippen molar-refractivity contribution in [3.8, 4) is 0 Å². The molecule has 0 bridgehead atoms. The van der Waals surface area contributed by atoms with Gasteiger partial charge in [0.25, 0.3) is 0 Å². The Kier molecular flexibility index (Phi) is 6.36. The standard InChI is InChI=1S/C14H28N4OS/c1-11(2)9-16-12(19)10-17-5-7-18(8-6-17)14(3,4)13(15)20/h11H,5-10H2,1-4H3,(H2,15,20)(H,16,19). The molecule has 0 spiro atoms. The molecule has 0 aromatic carbocycles. The van der Waals surface area contributed by atoms with E-state index in [0.717, 1.165) is 32.7 Å². The molecule has 6 heteroatoms. The largest absolute Gasteiger partial charge is 0.392 e. The summed E-state index contributed by atoms with van der Waals surface area (Å²) in [5, 5.41) is 2.95. The summed E-state index contributed by atoms with van der Waals surface area (Å²) in [4.78, 5) is 16.8. The van der Waals surface area contributed by atoms with Crippen molar-refractivity contribution in [1.29, 1.82) is 0 Å². The highest BCUT2D eigenvalue weighted by Gasteiger charge is 2.32. The summed E-state index contributed by atoms with van der Waals surface area (Å²) in [5.41, 5.74) is 5.55. The molecule has 1 aliphatic rings. The Labute approximate surface area is 127 Å². The molecule has 1 saturated heterocycles. The van der Waals surface area contributed by atoms with E-state index < -0.39 is 0 Å². The molecular weight excluding hydrogens is 272 g/mol. The number of hydrogen-bond donors (Lipinski definition) is 2. The molecular formula is C14H28N4OS. The Morgan fingerprint density at radius 3 is 2.30 bits per heavy atom. The smallest absolute Gasteiger partial charge is 0.234 e. The predicted molar refractivity (Wildman–Crippen MR) is 86.7 cm³/mol. The second-order valence-electron chi connectivity index (χ2n) is 6.38. The predicted octanol–water partition coefficient (Wildman–Crippen LogP) is 0.441. The molecule has 0 atom stereocenters. The number of piperazine rings is 1. The van der Waals surface area contributed by atoms with Gasteiger partial charge in [0.2, 0.25) is 5.91 Å². The zero-order chi connectivity index (χ0) is 15.3. The fraction of sp³-hybridized carbons (Fsp3) is 0.857. The maximum absolute atomic E-state index is 11.8. The van der Waals surface area contributed by atoms with Crippen molar-refractivity contribution in [2.24, 2.45) is 11.7 Å². The van der Waals surface area contributed by atoms with E-state index in [1.54, 1.807) is 0 Å². The molecule has 1 heterocycles. The molecule has 0 aliphatic carbocycles. The molecule has 3 N–H and O–H groups in total. The number of nitrogens with zero attached hydrogens (tertiary/aromatic N) is 2. The maximum atomic E-state index is 11.8. The van der Waals surface area contributed by atoms with E-state index in [-0.39, 0.29) is 11.4 Å². The second-order valence-corrected chi connectivity index (χ2v) is 6.82. The number of hydrogen-bond acceptors (Lipinski definition) is 4. The first kappa shape index (κ1) is 17.3. The third-order valence-corrected chi connectivity index (χ3v) is 4.34. The van der Waals surface area contributed by atoms with E-state index in [9.17, 15) is 4.79 Å². The van der Waals surface area contributed by atoms with Crippen molar-refractivity contribution in [3.05, 3.63) is 0 Å². The minimum atomic E-state index is -0.249. The van der Waals surface area contributed by atoms with Crippen LogP contribution < -0.4 is 11.1 Å². The number of carbonyl (C=O) groups excluding carboxylic acids is 1. The zero-order valence-corrected chi connectivity index (χ0v) is 13.9. The van der Waals surface area contributed by atoms with Crippen LogP contribution in [0, 0.1) is 5.92 Å². The number of nitrogens with two attached hydrogens (primary N) is 1. The van der Waals surface area contributed by atoms with Gasteiger partial charge >= 0.3 is 0 Å². The number of amides is 1. The van der Waals surface area contributed by atoms with Crippen LogP contribution in [0.25, 0.3) is 0 Å². The lowest BCUT2D eigenvalue weighted by atomic mass is 10.0. The van der Waals surface area contributed by atoms with Crippen molar-refractivity contribution < 1.29 is 4.79 Å². The highest BCUT2D eigenvalue weighted by atomic mass is 32.1. The lowest BCUT2D eigenvalue weighted by Gasteiger charge is -2.43. The van der Waals surface area contributed by atoms with E-state index in [2.05, 4.69) is 42.8 Å². The van der Waals surface area contributed by atoms with Crippen LogP contribution in [-0.4, -0.2) is 65.5 Å². The number of thiocarbonyl (C=S) groups is 1. The average molecular weight is 300 g/mol. The van der Waals surface area contributed by atoms with E-state index in [1.165, 1.54) is 0 Å². The summed E-state index contributed by atoms with van der Waals surface area (Å²) in [6.07, 6.45) is 0. The van der Waals surface area contributed by atoms with Gasteiger partial charge in [0, 0.05) is 32.7 Å². The minimum Gasteiger partial charge on any atom is -0.392 e. The van der Waals surface area contributed by atoms with Gasteiger partial charge < -0.3 is 11.1 Å². The summed E-state index contributed by atoms with van der Waals surface area (Å²) >= 11 is 5.13. The van der Waals surface area contributed by atoms with E-state index in [4.69, 9.17) is 18.0 Å². The van der Waals surface area contributed by atoms with Crippen LogP contribution in [0.2, 0.25) is 0 Å². The maximum Gasteiger partial charge on any atom is 0.234 e. The third-order valence-electron chi connectivity index (χ3n) is 3.84. The van der Waals surface area contributed by atoms with Crippen molar-refractivity contribution in [2.45, 2.75) is 33.2 Å². The molecule has 0 unspecified atom stereocenters. The SMILES string of the molecule is CC(C)CNC(=O)CN1CCN(C(C)(C)C(N)=S)CC1. The van der Waals surface area contributed by atoms with Crippen LogP contribution in [0.1, 0.15) is 27.7 Å². The van der Waals surface area contributed by atoms with Gasteiger partial charge in [0.1, 0.15) is 0 Å². The molecule has 1 rings (SSSR count). The molecule has 1 fully saturated rings. The summed E-state index contributed by atoms with van der Waals surface area (Å²) in [6.45, 7) is 13.1. The van der Waals surface area contributed by atoms with Crippen LogP contribution in [0.3, 0.4) is 0 Å². The van der Waals surface area contributed by atoms with Crippen LogP contribution in [0.15, 0.2) is 0 Å². The fourth-order valence-corrected chi connectivity index (χ4v) is 2.33. The summed E-state index contributed by atoms with van der Waals surface area (Å²) in [7, 11) is 0. The molecule has 1 aliphatic heterocycles. The van der Waals surface area contributed by atoms with Crippen LogP contribution >= 0.6 is 12.2 Å². The van der Waals surface area contributed by atoms with Gasteiger partial charge in [-0.1, -0.05) is 26.1 Å². The third kappa shape index (κ3) is 5.00. The Morgan fingerprint density at radius 1 is 1.30 bits per heavy atom. The van der Waals surface area contributed by atoms with Crippen LogP contribution in [0.5, 0.6) is 0 Å². The van der Waals surface area contributed by atoms with Gasteiger partial charge in [-0.3, -0.25) is 14.6 Å². The van der Waals surface area contributed by atoms with E-state index in [0.29, 0.717) is 17.5 Å². The monoisotopic (exact) mass is 300 g/mol. The Bertz CT molecular complexity index is 349. The topological polar surface area (TPSA) is 61.6 Å². The minimum absolute atomic E-state index is 0.112. The quantitative estimate of drug-likeness (QED) is 0.697. The number of nitrogens with one attached hydrogen (secondary N) is 1. The Hall–Kier alpha value is -0.720. The van der Waals surface area contributed by atoms with Crippen LogP contribution in [0.4, 0.5) is 0 Å². The summed E-state index contributed by atoms with van der Waals surface area (Å²) in [5.74, 6) is 0.600. The molecule has 5 nitrogen and oxygen atoms in total. The normalized spacial score (nSPS) is 18.2. The molecule has 20 heavy (non-hydrogen) atoms. The number of carbonyl (C=O) groups is 1. The zero-order valence-electron chi connectivity index (χ0n) is 13.1. The van der Waals surface area contributed by atoms with Gasteiger partial charge in [0.15, 0.2) is 0 Å². The first-order chi connectivity index (χ1) is 9.23. The molecule has 116 valence electrons. The number of rotatable bonds is 6. The highest BCUT2D eigenvalue weighted by molar-refractivity contribution is 7.80. The van der Waals surface area contributed by atoms with Crippen molar-refractivity contribution in [1.82, 2.24) is 15.1 Å². The van der Waals surface area contributed by atoms with Crippen molar-refractivity contribution in [3.63, 3.8) is 0 Å². The molecule has 0 saturated carbocycles. The molecule has 0 aromatic rings. The Morgan fingerprint density at radius 2 is 1.85 bits per heavy atom. The molecule has 0 aromatic heterocycles. The Balaban J connectivity index is 2.36. The summed E-state index contributed by atoms with van der Waals surface area (Å²) in [6, 6.07) is 0. The lowest BCUT2D eigenvalue weighted by molar-refractivity contribution is -0.122. The van der Waals surface area contributed by atoms with Crippen molar-refractivity contribution in [2.75, 3.05) is 39.3 Å². The second kappa shape index (κ2) is 7.33. The average Bonchev–Trinajstić information content (AvgIpc) is 2.37. The highest BCUT2D eigenvalue weighted by Crippen LogP contribution is 2.17. The molecule has 1 amide bonds. The van der Waals surface area contributed by atoms with Crippen molar-refractivity contribution >= 4 is 23.1 Å². The molecule has 0 radical (unpaired) electrons. The first-order valence-corrected chi connectivity index (χ1v) is 7.68. The van der Waals surface area contributed by atoms with Gasteiger partial charge in [-0.25, -0.2) is 0 Å².